The summed E-state index contributed by atoms with van der Waals surface area (Å²) in [5.41, 5.74) is 2.75. The zero-order valence-electron chi connectivity index (χ0n) is 19.4. The first-order chi connectivity index (χ1) is 17.4. The molecule has 5 rings (SSSR count). The number of nitrogens with zero attached hydrogens (tertiary/aromatic N) is 2. The number of rotatable bonds is 6. The zero-order chi connectivity index (χ0) is 25.2. The summed E-state index contributed by atoms with van der Waals surface area (Å²) in [6.07, 6.45) is -0.251. The molecule has 184 valence electrons. The monoisotopic (exact) mass is 489 g/mol. The van der Waals surface area contributed by atoms with Gasteiger partial charge in [-0.3, -0.25) is 24.6 Å². The smallest absolute Gasteiger partial charge is 0.276 e. The van der Waals surface area contributed by atoms with Crippen molar-refractivity contribution in [3.8, 4) is 17.2 Å². The minimum absolute atomic E-state index is 0.0216. The van der Waals surface area contributed by atoms with Crippen molar-refractivity contribution in [1.82, 2.24) is 10.4 Å². The van der Waals surface area contributed by atoms with Crippen LogP contribution in [0.1, 0.15) is 19.8 Å². The van der Waals surface area contributed by atoms with Crippen LogP contribution in [0.4, 0.5) is 5.69 Å². The highest BCUT2D eigenvalue weighted by molar-refractivity contribution is 6.23. The van der Waals surface area contributed by atoms with Crippen molar-refractivity contribution < 1.29 is 33.4 Å². The third kappa shape index (κ3) is 4.40. The van der Waals surface area contributed by atoms with Crippen molar-refractivity contribution in [3.05, 3.63) is 60.7 Å². The zero-order valence-corrected chi connectivity index (χ0v) is 19.4. The van der Waals surface area contributed by atoms with Gasteiger partial charge in [0.25, 0.3) is 11.8 Å². The second kappa shape index (κ2) is 9.57. The predicted molar refractivity (Wildman–Crippen MR) is 128 cm³/mol. The van der Waals surface area contributed by atoms with E-state index in [2.05, 4.69) is 5.43 Å². The van der Waals surface area contributed by atoms with E-state index in [9.17, 15) is 19.2 Å². The van der Waals surface area contributed by atoms with Gasteiger partial charge in [-0.1, -0.05) is 37.3 Å². The Bertz CT molecular complexity index is 1370. The van der Waals surface area contributed by atoms with Crippen molar-refractivity contribution in [3.63, 3.8) is 0 Å². The molecule has 2 aliphatic rings. The highest BCUT2D eigenvalue weighted by Crippen LogP contribution is 2.37. The van der Waals surface area contributed by atoms with E-state index >= 15 is 0 Å². The molecule has 10 nitrogen and oxygen atoms in total. The number of carbonyl (C=O) groups excluding carboxylic acids is 4. The Labute approximate surface area is 206 Å². The topological polar surface area (TPSA) is 114 Å². The van der Waals surface area contributed by atoms with Gasteiger partial charge in [-0.2, -0.15) is 0 Å². The molecule has 1 fully saturated rings. The van der Waals surface area contributed by atoms with E-state index in [1.807, 2.05) is 30.3 Å². The molecule has 3 aromatic rings. The summed E-state index contributed by atoms with van der Waals surface area (Å²) >= 11 is 0. The van der Waals surface area contributed by atoms with Crippen LogP contribution in [0.15, 0.2) is 60.7 Å². The van der Waals surface area contributed by atoms with Crippen LogP contribution < -0.4 is 24.5 Å². The van der Waals surface area contributed by atoms with Crippen molar-refractivity contribution in [2.45, 2.75) is 25.8 Å². The van der Waals surface area contributed by atoms with Crippen molar-refractivity contribution in [2.24, 2.45) is 0 Å². The summed E-state index contributed by atoms with van der Waals surface area (Å²) in [5, 5.41) is 2.92. The molecule has 3 aromatic carbocycles. The highest BCUT2D eigenvalue weighted by atomic mass is 16.7. The average Bonchev–Trinajstić information content (AvgIpc) is 3.48. The van der Waals surface area contributed by atoms with Crippen molar-refractivity contribution in [1.29, 1.82) is 0 Å². The summed E-state index contributed by atoms with van der Waals surface area (Å²) in [7, 11) is 0. The van der Waals surface area contributed by atoms with Gasteiger partial charge < -0.3 is 14.2 Å². The highest BCUT2D eigenvalue weighted by Gasteiger charge is 2.45. The summed E-state index contributed by atoms with van der Waals surface area (Å²) < 4.78 is 16.2. The van der Waals surface area contributed by atoms with Gasteiger partial charge in [0.2, 0.25) is 18.6 Å². The number of hydrogen-bond acceptors (Lipinski definition) is 7. The molecule has 0 spiro atoms. The number of ether oxygens (including phenoxy) is 3. The van der Waals surface area contributed by atoms with E-state index in [4.69, 9.17) is 14.2 Å². The van der Waals surface area contributed by atoms with E-state index in [1.54, 1.807) is 31.2 Å². The molecule has 4 amide bonds. The second-order valence-corrected chi connectivity index (χ2v) is 8.27. The number of imide groups is 1. The predicted octanol–water partition coefficient (Wildman–Crippen LogP) is 2.55. The van der Waals surface area contributed by atoms with Gasteiger partial charge in [0, 0.05) is 12.5 Å². The molecule has 0 radical (unpaired) electrons. The summed E-state index contributed by atoms with van der Waals surface area (Å²) in [6.45, 7) is 1.27. The minimum atomic E-state index is -1.18. The van der Waals surface area contributed by atoms with Gasteiger partial charge in [0.15, 0.2) is 18.1 Å². The van der Waals surface area contributed by atoms with Crippen LogP contribution in [0.5, 0.6) is 17.2 Å². The van der Waals surface area contributed by atoms with E-state index in [0.717, 1.165) is 20.7 Å². The molecule has 1 N–H and O–H groups in total. The van der Waals surface area contributed by atoms with Crippen LogP contribution in [0.3, 0.4) is 0 Å². The number of amides is 4. The van der Waals surface area contributed by atoms with Gasteiger partial charge in [0.1, 0.15) is 11.8 Å². The molecule has 2 aliphatic heterocycles. The third-order valence-corrected chi connectivity index (χ3v) is 5.96. The van der Waals surface area contributed by atoms with Gasteiger partial charge in [-0.15, -0.1) is 0 Å². The maximum atomic E-state index is 13.2. The van der Waals surface area contributed by atoms with Crippen molar-refractivity contribution >= 4 is 40.1 Å². The molecular weight excluding hydrogens is 466 g/mol. The Morgan fingerprint density at radius 3 is 2.61 bits per heavy atom. The molecule has 36 heavy (non-hydrogen) atoms. The Balaban J connectivity index is 1.28. The lowest BCUT2D eigenvalue weighted by Crippen LogP contribution is -2.55. The number of carbonyl (C=O) groups is 4. The Hall–Kier alpha value is -4.60. The fraction of sp³-hybridized carbons (Fsp3) is 0.231. The molecule has 2 heterocycles. The van der Waals surface area contributed by atoms with E-state index < -0.39 is 29.7 Å². The van der Waals surface area contributed by atoms with E-state index in [0.29, 0.717) is 22.9 Å². The molecular formula is C26H23N3O7. The van der Waals surface area contributed by atoms with E-state index in [-0.39, 0.29) is 26.2 Å². The molecule has 1 atom stereocenters. The lowest BCUT2D eigenvalue weighted by Gasteiger charge is -2.27. The number of hydrazine groups is 1. The van der Waals surface area contributed by atoms with Gasteiger partial charge in [-0.25, -0.2) is 9.91 Å². The van der Waals surface area contributed by atoms with Gasteiger partial charge in [0.05, 0.1) is 12.1 Å². The SMILES string of the molecule is CCC(=O)N(NC(=O)COc1ccc2ccccc2c1)C1CC(=O)N(c2ccc3c(c2)OCO3)C1=O. The molecule has 0 bridgehead atoms. The van der Waals surface area contributed by atoms with Gasteiger partial charge >= 0.3 is 0 Å². The number of nitrogens with one attached hydrogen (secondary N) is 1. The van der Waals surface area contributed by atoms with Crippen LogP contribution in [-0.4, -0.2) is 48.1 Å². The quantitative estimate of drug-likeness (QED) is 0.418. The molecule has 1 saturated heterocycles. The molecule has 0 aliphatic carbocycles. The first-order valence-corrected chi connectivity index (χ1v) is 11.4. The second-order valence-electron chi connectivity index (χ2n) is 8.27. The number of fused-ring (bicyclic) bond motifs is 2. The molecule has 1 unspecified atom stereocenters. The minimum Gasteiger partial charge on any atom is -0.484 e. The van der Waals surface area contributed by atoms with Crippen LogP contribution in [0, 0.1) is 0 Å². The third-order valence-electron chi connectivity index (χ3n) is 5.96. The lowest BCUT2D eigenvalue weighted by atomic mass is 10.1. The molecule has 10 heteroatoms. The molecule has 0 saturated carbocycles. The van der Waals surface area contributed by atoms with E-state index in [1.165, 1.54) is 6.07 Å². The van der Waals surface area contributed by atoms with Crippen LogP contribution in [-0.2, 0) is 19.2 Å². The number of anilines is 1. The van der Waals surface area contributed by atoms with Gasteiger partial charge in [-0.05, 0) is 35.0 Å². The maximum absolute atomic E-state index is 13.2. The average molecular weight is 489 g/mol. The number of benzene rings is 3. The van der Waals surface area contributed by atoms with Crippen LogP contribution in [0.2, 0.25) is 0 Å². The lowest BCUT2D eigenvalue weighted by molar-refractivity contribution is -0.148. The van der Waals surface area contributed by atoms with Crippen molar-refractivity contribution in [2.75, 3.05) is 18.3 Å². The normalized spacial score (nSPS) is 16.4. The number of hydrogen-bond donors (Lipinski definition) is 1. The maximum Gasteiger partial charge on any atom is 0.276 e. The first kappa shape index (κ1) is 23.2. The Morgan fingerprint density at radius 2 is 1.81 bits per heavy atom. The summed E-state index contributed by atoms with van der Waals surface area (Å²) in [4.78, 5) is 52.3. The Kier molecular flexibility index (Phi) is 6.16. The standard InChI is InChI=1S/C26H23N3O7/c1-2-24(31)29(27-23(30)14-34-19-9-7-16-5-3-4-6-17(16)11-19)20-13-25(32)28(26(20)33)18-8-10-21-22(12-18)36-15-35-21/h3-12,20H,2,13-15H2,1H3,(H,27,30). The fourth-order valence-corrected chi connectivity index (χ4v) is 4.17. The summed E-state index contributed by atoms with van der Waals surface area (Å²) in [5.74, 6) is -0.860. The fourth-order valence-electron chi connectivity index (χ4n) is 4.17. The largest absolute Gasteiger partial charge is 0.484 e. The molecule has 0 aromatic heterocycles. The van der Waals surface area contributed by atoms with Crippen LogP contribution >= 0.6 is 0 Å². The summed E-state index contributed by atoms with van der Waals surface area (Å²) in [6, 6.07) is 16.7. The Morgan fingerprint density at radius 1 is 1.03 bits per heavy atom. The first-order valence-electron chi connectivity index (χ1n) is 11.4. The van der Waals surface area contributed by atoms with Crippen LogP contribution in [0.25, 0.3) is 10.8 Å².